The standard InChI is InChI=1S/C13H17NOS/c1-8-7-12(16-10(8)3)13(14-4)11-6-5-9(2)15-11/h5-7,13-14H,1-4H3. The quantitative estimate of drug-likeness (QED) is 0.879. The van der Waals surface area contributed by atoms with Gasteiger partial charge < -0.3 is 9.73 Å². The first-order valence-electron chi connectivity index (χ1n) is 5.42. The summed E-state index contributed by atoms with van der Waals surface area (Å²) in [4.78, 5) is 2.69. The maximum atomic E-state index is 5.68. The van der Waals surface area contributed by atoms with Crippen molar-refractivity contribution in [1.82, 2.24) is 5.32 Å². The van der Waals surface area contributed by atoms with Crippen molar-refractivity contribution in [2.75, 3.05) is 7.05 Å². The molecule has 0 radical (unpaired) electrons. The van der Waals surface area contributed by atoms with Crippen molar-refractivity contribution in [2.24, 2.45) is 0 Å². The van der Waals surface area contributed by atoms with Crippen LogP contribution >= 0.6 is 11.3 Å². The first-order chi connectivity index (χ1) is 7.61. The first-order valence-corrected chi connectivity index (χ1v) is 6.24. The Bertz CT molecular complexity index is 464. The smallest absolute Gasteiger partial charge is 0.126 e. The van der Waals surface area contributed by atoms with Crippen LogP contribution in [0.15, 0.2) is 22.6 Å². The molecule has 2 nitrogen and oxygen atoms in total. The lowest BCUT2D eigenvalue weighted by Gasteiger charge is -2.11. The van der Waals surface area contributed by atoms with Gasteiger partial charge in [0.1, 0.15) is 17.6 Å². The molecule has 1 N–H and O–H groups in total. The molecule has 2 aromatic rings. The molecule has 16 heavy (non-hydrogen) atoms. The molecule has 2 aromatic heterocycles. The minimum Gasteiger partial charge on any atom is -0.464 e. The van der Waals surface area contributed by atoms with E-state index in [1.807, 2.05) is 37.4 Å². The minimum atomic E-state index is 0.172. The molecule has 0 aromatic carbocycles. The topological polar surface area (TPSA) is 25.2 Å². The van der Waals surface area contributed by atoms with Gasteiger partial charge in [-0.15, -0.1) is 11.3 Å². The zero-order chi connectivity index (χ0) is 11.7. The van der Waals surface area contributed by atoms with Crippen molar-refractivity contribution in [3.8, 4) is 0 Å². The third kappa shape index (κ3) is 2.06. The summed E-state index contributed by atoms with van der Waals surface area (Å²) in [6.45, 7) is 6.28. The fourth-order valence-electron chi connectivity index (χ4n) is 1.78. The highest BCUT2D eigenvalue weighted by molar-refractivity contribution is 7.12. The van der Waals surface area contributed by atoms with Crippen molar-refractivity contribution in [2.45, 2.75) is 26.8 Å². The van der Waals surface area contributed by atoms with Gasteiger partial charge in [-0.3, -0.25) is 0 Å². The Hall–Kier alpha value is -1.06. The van der Waals surface area contributed by atoms with Crippen molar-refractivity contribution >= 4 is 11.3 Å². The van der Waals surface area contributed by atoms with E-state index in [0.29, 0.717) is 0 Å². The van der Waals surface area contributed by atoms with E-state index in [4.69, 9.17) is 4.42 Å². The zero-order valence-electron chi connectivity index (χ0n) is 10.1. The van der Waals surface area contributed by atoms with Gasteiger partial charge >= 0.3 is 0 Å². The monoisotopic (exact) mass is 235 g/mol. The number of hydrogen-bond donors (Lipinski definition) is 1. The fourth-order valence-corrected chi connectivity index (χ4v) is 2.94. The van der Waals surface area contributed by atoms with Crippen LogP contribution in [-0.2, 0) is 0 Å². The summed E-state index contributed by atoms with van der Waals surface area (Å²) in [6, 6.07) is 6.46. The van der Waals surface area contributed by atoms with E-state index in [-0.39, 0.29) is 6.04 Å². The van der Waals surface area contributed by atoms with Crippen LogP contribution in [0.2, 0.25) is 0 Å². The second-order valence-electron chi connectivity index (χ2n) is 4.06. The van der Waals surface area contributed by atoms with Gasteiger partial charge in [0.2, 0.25) is 0 Å². The molecule has 86 valence electrons. The number of hydrogen-bond acceptors (Lipinski definition) is 3. The van der Waals surface area contributed by atoms with Crippen LogP contribution in [0.4, 0.5) is 0 Å². The van der Waals surface area contributed by atoms with E-state index in [2.05, 4.69) is 25.2 Å². The van der Waals surface area contributed by atoms with Crippen LogP contribution in [-0.4, -0.2) is 7.05 Å². The van der Waals surface area contributed by atoms with E-state index < -0.39 is 0 Å². The van der Waals surface area contributed by atoms with Gasteiger partial charge in [0, 0.05) is 9.75 Å². The van der Waals surface area contributed by atoms with Crippen molar-refractivity contribution in [3.05, 3.63) is 45.0 Å². The number of nitrogens with one attached hydrogen (secondary N) is 1. The molecule has 0 fully saturated rings. The Labute approximate surface area is 100 Å². The SMILES string of the molecule is CNC(c1ccc(C)o1)c1cc(C)c(C)s1. The second-order valence-corrected chi connectivity index (χ2v) is 5.35. The summed E-state index contributed by atoms with van der Waals surface area (Å²) >= 11 is 1.83. The van der Waals surface area contributed by atoms with Crippen LogP contribution in [0.1, 0.15) is 32.9 Å². The van der Waals surface area contributed by atoms with Crippen LogP contribution in [0.3, 0.4) is 0 Å². The molecule has 0 aliphatic carbocycles. The van der Waals surface area contributed by atoms with Gasteiger partial charge in [0.05, 0.1) is 0 Å². The summed E-state index contributed by atoms with van der Waals surface area (Å²) in [7, 11) is 1.97. The molecule has 0 aliphatic rings. The molecular formula is C13H17NOS. The molecule has 3 heteroatoms. The molecular weight excluding hydrogens is 218 g/mol. The van der Waals surface area contributed by atoms with Crippen molar-refractivity contribution in [1.29, 1.82) is 0 Å². The average Bonchev–Trinajstić information content (AvgIpc) is 2.77. The van der Waals surface area contributed by atoms with E-state index in [0.717, 1.165) is 11.5 Å². The Kier molecular flexibility index (Phi) is 3.17. The van der Waals surface area contributed by atoms with Gasteiger partial charge in [0.15, 0.2) is 0 Å². The third-order valence-corrected chi connectivity index (χ3v) is 4.02. The zero-order valence-corrected chi connectivity index (χ0v) is 10.9. The summed E-state index contributed by atoms with van der Waals surface area (Å²) in [5, 5.41) is 3.31. The maximum Gasteiger partial charge on any atom is 0.126 e. The fraction of sp³-hybridized carbons (Fsp3) is 0.385. The Morgan fingerprint density at radius 2 is 2.00 bits per heavy atom. The van der Waals surface area contributed by atoms with Crippen molar-refractivity contribution < 1.29 is 4.42 Å². The first kappa shape index (κ1) is 11.4. The minimum absolute atomic E-state index is 0.172. The highest BCUT2D eigenvalue weighted by atomic mass is 32.1. The van der Waals surface area contributed by atoms with Crippen LogP contribution in [0.25, 0.3) is 0 Å². The third-order valence-electron chi connectivity index (χ3n) is 2.80. The lowest BCUT2D eigenvalue weighted by molar-refractivity contribution is 0.446. The number of rotatable bonds is 3. The summed E-state index contributed by atoms with van der Waals surface area (Å²) in [5.41, 5.74) is 1.35. The lowest BCUT2D eigenvalue weighted by atomic mass is 10.1. The largest absolute Gasteiger partial charge is 0.464 e. The molecule has 2 rings (SSSR count). The maximum absolute atomic E-state index is 5.68. The molecule has 0 saturated carbocycles. The Morgan fingerprint density at radius 3 is 2.44 bits per heavy atom. The Morgan fingerprint density at radius 1 is 1.25 bits per heavy atom. The van der Waals surface area contributed by atoms with Gasteiger partial charge in [-0.2, -0.15) is 0 Å². The molecule has 0 saturated heterocycles. The van der Waals surface area contributed by atoms with Gasteiger partial charge in [-0.1, -0.05) is 0 Å². The molecule has 1 unspecified atom stereocenters. The van der Waals surface area contributed by atoms with E-state index >= 15 is 0 Å². The van der Waals surface area contributed by atoms with Gasteiger partial charge in [-0.05, 0) is 51.6 Å². The number of thiophene rings is 1. The van der Waals surface area contributed by atoms with Gasteiger partial charge in [-0.25, -0.2) is 0 Å². The van der Waals surface area contributed by atoms with Crippen molar-refractivity contribution in [3.63, 3.8) is 0 Å². The van der Waals surface area contributed by atoms with E-state index in [9.17, 15) is 0 Å². The Balaban J connectivity index is 2.36. The molecule has 2 heterocycles. The van der Waals surface area contributed by atoms with Crippen LogP contribution in [0, 0.1) is 20.8 Å². The van der Waals surface area contributed by atoms with Crippen LogP contribution < -0.4 is 5.32 Å². The van der Waals surface area contributed by atoms with E-state index in [1.54, 1.807) is 0 Å². The molecule has 0 amide bonds. The molecule has 0 aliphatic heterocycles. The predicted octanol–water partition coefficient (Wildman–Crippen LogP) is 3.58. The number of furan rings is 1. The number of aryl methyl sites for hydroxylation is 3. The summed E-state index contributed by atoms with van der Waals surface area (Å²) in [5.74, 6) is 1.95. The van der Waals surface area contributed by atoms with E-state index in [1.165, 1.54) is 15.3 Å². The van der Waals surface area contributed by atoms with Crippen LogP contribution in [0.5, 0.6) is 0 Å². The molecule has 0 spiro atoms. The lowest BCUT2D eigenvalue weighted by Crippen LogP contribution is -2.15. The highest BCUT2D eigenvalue weighted by Gasteiger charge is 2.18. The highest BCUT2D eigenvalue weighted by Crippen LogP contribution is 2.31. The predicted molar refractivity (Wildman–Crippen MR) is 68.1 cm³/mol. The summed E-state index contributed by atoms with van der Waals surface area (Å²) in [6.07, 6.45) is 0. The second kappa shape index (κ2) is 4.44. The summed E-state index contributed by atoms with van der Waals surface area (Å²) < 4.78 is 5.68. The average molecular weight is 235 g/mol. The molecule has 1 atom stereocenters. The molecule has 0 bridgehead atoms. The normalized spacial score (nSPS) is 13.0. The van der Waals surface area contributed by atoms with Gasteiger partial charge in [0.25, 0.3) is 0 Å².